The molecule has 0 unspecified atom stereocenters. The van der Waals surface area contributed by atoms with Gasteiger partial charge in [-0.05, 0) is 24.3 Å². The van der Waals surface area contributed by atoms with E-state index < -0.39 is 10.0 Å². The first-order valence-corrected chi connectivity index (χ1v) is 5.34. The molecule has 0 saturated heterocycles. The van der Waals surface area contributed by atoms with E-state index in [2.05, 4.69) is 5.32 Å². The Kier molecular flexibility index (Phi) is 5.47. The standard InChI is InChI=1S/C8H10N2O3S.Na.H/c1-6(11)10-7-2-4-8(5-3-7)14(9,12)13;;/h2-5H,1H3,(H,10,11)(H2,9,12,13);;/q;+1;-1. The fraction of sp³-hybridized carbons (Fsp3) is 0.125. The predicted molar refractivity (Wildman–Crippen MR) is 53.2 cm³/mol. The van der Waals surface area contributed by atoms with E-state index in [1.54, 1.807) is 0 Å². The van der Waals surface area contributed by atoms with E-state index in [1.165, 1.54) is 31.2 Å². The molecule has 0 heterocycles. The molecule has 15 heavy (non-hydrogen) atoms. The Labute approximate surface area is 112 Å². The molecule has 0 fully saturated rings. The van der Waals surface area contributed by atoms with Crippen LogP contribution >= 0.6 is 0 Å². The van der Waals surface area contributed by atoms with Crippen molar-refractivity contribution in [2.24, 2.45) is 5.14 Å². The Morgan fingerprint density at radius 1 is 1.33 bits per heavy atom. The minimum absolute atomic E-state index is 0. The Hall–Kier alpha value is -0.400. The number of carbonyl (C=O) groups excluding carboxylic acids is 1. The second kappa shape index (κ2) is 5.62. The molecule has 0 saturated carbocycles. The van der Waals surface area contributed by atoms with Gasteiger partial charge in [0.05, 0.1) is 4.90 Å². The van der Waals surface area contributed by atoms with Crippen LogP contribution in [0.1, 0.15) is 8.35 Å². The third-order valence-electron chi connectivity index (χ3n) is 1.50. The molecule has 1 aromatic rings. The van der Waals surface area contributed by atoms with E-state index in [0.717, 1.165) is 0 Å². The number of nitrogens with one attached hydrogen (secondary N) is 1. The first kappa shape index (κ1) is 14.6. The molecule has 0 aromatic heterocycles. The molecule has 1 aromatic carbocycles. The van der Waals surface area contributed by atoms with E-state index in [1.807, 2.05) is 0 Å². The molecular weight excluding hydrogens is 227 g/mol. The second-order valence-corrected chi connectivity index (χ2v) is 4.31. The van der Waals surface area contributed by atoms with Crippen molar-refractivity contribution in [1.82, 2.24) is 0 Å². The summed E-state index contributed by atoms with van der Waals surface area (Å²) in [7, 11) is -3.66. The first-order valence-electron chi connectivity index (χ1n) is 3.80. The molecule has 0 bridgehead atoms. The zero-order valence-electron chi connectivity index (χ0n) is 9.52. The van der Waals surface area contributed by atoms with Crippen LogP contribution in [0.4, 0.5) is 5.69 Å². The quantitative estimate of drug-likeness (QED) is 0.554. The summed E-state index contributed by atoms with van der Waals surface area (Å²) in [5, 5.41) is 7.40. The van der Waals surface area contributed by atoms with Gasteiger partial charge in [-0.2, -0.15) is 0 Å². The molecule has 0 aliphatic carbocycles. The SMILES string of the molecule is CC(=O)Nc1ccc(S(N)(=O)=O)cc1.[H-].[Na+]. The Bertz CT molecular complexity index is 447. The molecule has 78 valence electrons. The van der Waals surface area contributed by atoms with E-state index in [9.17, 15) is 13.2 Å². The topological polar surface area (TPSA) is 89.3 Å². The molecule has 5 nitrogen and oxygen atoms in total. The van der Waals surface area contributed by atoms with Gasteiger partial charge in [0.2, 0.25) is 15.9 Å². The number of nitrogens with two attached hydrogens (primary N) is 1. The second-order valence-electron chi connectivity index (χ2n) is 2.75. The maximum atomic E-state index is 10.9. The monoisotopic (exact) mass is 238 g/mol. The molecule has 0 radical (unpaired) electrons. The molecular formula is C8H11N2NaO3S. The van der Waals surface area contributed by atoms with Crippen LogP contribution in [0.3, 0.4) is 0 Å². The van der Waals surface area contributed by atoms with Crippen molar-refractivity contribution in [3.63, 3.8) is 0 Å². The minimum atomic E-state index is -3.66. The largest absolute Gasteiger partial charge is 1.00 e. The number of hydrogen-bond acceptors (Lipinski definition) is 3. The van der Waals surface area contributed by atoms with Crippen LogP contribution < -0.4 is 40.0 Å². The summed E-state index contributed by atoms with van der Waals surface area (Å²) in [5.41, 5.74) is 0.532. The van der Waals surface area contributed by atoms with Gasteiger partial charge in [-0.15, -0.1) is 0 Å². The average molecular weight is 238 g/mol. The summed E-state index contributed by atoms with van der Waals surface area (Å²) in [6.07, 6.45) is 0. The number of primary sulfonamides is 1. The van der Waals surface area contributed by atoms with Crippen LogP contribution in [0.15, 0.2) is 29.2 Å². The van der Waals surface area contributed by atoms with E-state index in [4.69, 9.17) is 5.14 Å². The number of anilines is 1. The smallest absolute Gasteiger partial charge is 1.00 e. The van der Waals surface area contributed by atoms with Crippen LogP contribution in [0, 0.1) is 0 Å². The average Bonchev–Trinajstić information content (AvgIpc) is 2.02. The van der Waals surface area contributed by atoms with Gasteiger partial charge in [0.1, 0.15) is 0 Å². The first-order chi connectivity index (χ1) is 6.39. The van der Waals surface area contributed by atoms with Gasteiger partial charge < -0.3 is 6.74 Å². The maximum Gasteiger partial charge on any atom is 1.00 e. The van der Waals surface area contributed by atoms with Gasteiger partial charge in [-0.1, -0.05) is 0 Å². The molecule has 3 N–H and O–H groups in total. The summed E-state index contributed by atoms with van der Waals surface area (Å²) in [6, 6.07) is 5.61. The Morgan fingerprint density at radius 3 is 2.13 bits per heavy atom. The van der Waals surface area contributed by atoms with Gasteiger partial charge in [0, 0.05) is 12.6 Å². The molecule has 1 rings (SSSR count). The normalized spacial score (nSPS) is 10.3. The van der Waals surface area contributed by atoms with Gasteiger partial charge in [-0.25, -0.2) is 13.6 Å². The molecule has 0 aliphatic heterocycles. The third kappa shape index (κ3) is 4.76. The van der Waals surface area contributed by atoms with Gasteiger partial charge in [0.25, 0.3) is 0 Å². The summed E-state index contributed by atoms with van der Waals surface area (Å²) in [5.74, 6) is -0.214. The molecule has 0 atom stereocenters. The molecule has 0 spiro atoms. The fourth-order valence-corrected chi connectivity index (χ4v) is 1.45. The zero-order valence-corrected chi connectivity index (χ0v) is 11.3. The minimum Gasteiger partial charge on any atom is -1.00 e. The van der Waals surface area contributed by atoms with Gasteiger partial charge >= 0.3 is 29.6 Å². The van der Waals surface area contributed by atoms with Crippen molar-refractivity contribution in [3.05, 3.63) is 24.3 Å². The summed E-state index contributed by atoms with van der Waals surface area (Å²) in [6.45, 7) is 1.37. The number of hydrogen-bond donors (Lipinski definition) is 2. The number of sulfonamides is 1. The summed E-state index contributed by atoms with van der Waals surface area (Å²) in [4.78, 5) is 10.7. The van der Waals surface area contributed by atoms with Crippen LogP contribution in [0.25, 0.3) is 0 Å². The van der Waals surface area contributed by atoms with Crippen molar-refractivity contribution in [3.8, 4) is 0 Å². The van der Waals surface area contributed by atoms with E-state index >= 15 is 0 Å². The number of benzene rings is 1. The van der Waals surface area contributed by atoms with Gasteiger partial charge in [0.15, 0.2) is 0 Å². The van der Waals surface area contributed by atoms with Crippen LogP contribution in [0.2, 0.25) is 0 Å². The fourth-order valence-electron chi connectivity index (χ4n) is 0.931. The number of rotatable bonds is 2. The number of carbonyl (C=O) groups is 1. The number of amides is 1. The summed E-state index contributed by atoms with van der Waals surface area (Å²) < 4.78 is 21.7. The van der Waals surface area contributed by atoms with Crippen LogP contribution in [-0.2, 0) is 14.8 Å². The van der Waals surface area contributed by atoms with Crippen LogP contribution in [-0.4, -0.2) is 14.3 Å². The van der Waals surface area contributed by atoms with Crippen molar-refractivity contribution < 1.29 is 44.2 Å². The molecule has 7 heteroatoms. The van der Waals surface area contributed by atoms with E-state index in [0.29, 0.717) is 5.69 Å². The molecule has 0 aliphatic rings. The van der Waals surface area contributed by atoms with Crippen molar-refractivity contribution in [2.45, 2.75) is 11.8 Å². The van der Waals surface area contributed by atoms with Crippen molar-refractivity contribution in [2.75, 3.05) is 5.32 Å². The Balaban J connectivity index is 0. The third-order valence-corrected chi connectivity index (χ3v) is 2.43. The van der Waals surface area contributed by atoms with Crippen molar-refractivity contribution in [1.29, 1.82) is 0 Å². The van der Waals surface area contributed by atoms with Gasteiger partial charge in [-0.3, -0.25) is 4.79 Å². The molecule has 1 amide bonds. The Morgan fingerprint density at radius 2 is 1.80 bits per heavy atom. The summed E-state index contributed by atoms with van der Waals surface area (Å²) >= 11 is 0. The van der Waals surface area contributed by atoms with Crippen LogP contribution in [0.5, 0.6) is 0 Å². The van der Waals surface area contributed by atoms with E-state index in [-0.39, 0.29) is 41.8 Å². The zero-order chi connectivity index (χ0) is 10.8. The van der Waals surface area contributed by atoms with Crippen molar-refractivity contribution >= 4 is 21.6 Å². The maximum absolute atomic E-state index is 10.9. The predicted octanol–water partition coefficient (Wildman–Crippen LogP) is -2.59.